The number of hydrogen-bond acceptors (Lipinski definition) is 2. The Bertz CT molecular complexity index is 234. The third-order valence-corrected chi connectivity index (χ3v) is 4.97. The third-order valence-electron chi connectivity index (χ3n) is 4.08. The Morgan fingerprint density at radius 2 is 1.94 bits per heavy atom. The largest absolute Gasteiger partial charge is 0.374 e. The smallest absolute Gasteiger partial charge is 0.0962 e. The van der Waals surface area contributed by atoms with Crippen molar-refractivity contribution in [3.63, 3.8) is 0 Å². The molecular weight excluding hydrogens is 280 g/mol. The Morgan fingerprint density at radius 3 is 2.59 bits per heavy atom. The van der Waals surface area contributed by atoms with E-state index in [1.165, 1.54) is 25.7 Å². The molecule has 0 aliphatic heterocycles. The number of hydrogen-bond donors (Lipinski definition) is 0. The van der Waals surface area contributed by atoms with E-state index in [1.54, 1.807) is 0 Å². The second-order valence-corrected chi connectivity index (χ2v) is 6.74. The van der Waals surface area contributed by atoms with Crippen molar-refractivity contribution >= 4 is 15.9 Å². The molecule has 3 heteroatoms. The van der Waals surface area contributed by atoms with Gasteiger partial charge in [0.05, 0.1) is 18.3 Å². The van der Waals surface area contributed by atoms with E-state index in [4.69, 9.17) is 9.47 Å². The van der Waals surface area contributed by atoms with Crippen molar-refractivity contribution in [3.05, 3.63) is 0 Å². The molecule has 17 heavy (non-hydrogen) atoms. The highest BCUT2D eigenvalue weighted by molar-refractivity contribution is 9.09. The van der Waals surface area contributed by atoms with Gasteiger partial charge in [-0.3, -0.25) is 0 Å². The van der Waals surface area contributed by atoms with Gasteiger partial charge < -0.3 is 9.47 Å². The summed E-state index contributed by atoms with van der Waals surface area (Å²) in [4.78, 5) is 0.498. The normalized spacial score (nSPS) is 42.2. The van der Waals surface area contributed by atoms with Gasteiger partial charge in [-0.05, 0) is 31.6 Å². The second-order valence-electron chi connectivity index (χ2n) is 5.56. The van der Waals surface area contributed by atoms with Gasteiger partial charge in [0.15, 0.2) is 0 Å². The average molecular weight is 305 g/mol. The summed E-state index contributed by atoms with van der Waals surface area (Å²) in [7, 11) is 0. The van der Waals surface area contributed by atoms with Crippen LogP contribution in [-0.2, 0) is 9.47 Å². The first-order valence-electron chi connectivity index (χ1n) is 7.13. The molecule has 0 spiro atoms. The van der Waals surface area contributed by atoms with E-state index >= 15 is 0 Å². The molecule has 5 unspecified atom stereocenters. The van der Waals surface area contributed by atoms with Crippen LogP contribution in [0.2, 0.25) is 0 Å². The molecule has 0 aromatic carbocycles. The number of halogens is 1. The van der Waals surface area contributed by atoms with E-state index in [0.717, 1.165) is 25.4 Å². The molecule has 100 valence electrons. The minimum atomic E-state index is 0.282. The average Bonchev–Trinajstić information content (AvgIpc) is 2.31. The minimum absolute atomic E-state index is 0.282. The Kier molecular flexibility index (Phi) is 5.31. The van der Waals surface area contributed by atoms with Crippen molar-refractivity contribution < 1.29 is 9.47 Å². The topological polar surface area (TPSA) is 18.5 Å². The lowest BCUT2D eigenvalue weighted by molar-refractivity contribution is -0.160. The van der Waals surface area contributed by atoms with Crippen LogP contribution in [0.3, 0.4) is 0 Å². The molecular formula is C14H25BrO2. The summed E-state index contributed by atoms with van der Waals surface area (Å²) >= 11 is 3.67. The molecule has 0 heterocycles. The lowest BCUT2D eigenvalue weighted by Gasteiger charge is -2.44. The first-order chi connectivity index (χ1) is 8.22. The fourth-order valence-corrected chi connectivity index (χ4v) is 3.70. The van der Waals surface area contributed by atoms with E-state index in [-0.39, 0.29) is 6.10 Å². The van der Waals surface area contributed by atoms with Crippen LogP contribution < -0.4 is 0 Å². The summed E-state index contributed by atoms with van der Waals surface area (Å²) in [5, 5.41) is 0. The molecule has 5 atom stereocenters. The maximum absolute atomic E-state index is 6.26. The van der Waals surface area contributed by atoms with E-state index in [2.05, 4.69) is 29.8 Å². The van der Waals surface area contributed by atoms with Crippen LogP contribution in [-0.4, -0.2) is 29.7 Å². The van der Waals surface area contributed by atoms with E-state index in [1.807, 2.05) is 0 Å². The van der Waals surface area contributed by atoms with Crippen LogP contribution in [0.4, 0.5) is 0 Å². The van der Waals surface area contributed by atoms with Crippen molar-refractivity contribution in [2.45, 2.75) is 75.5 Å². The van der Waals surface area contributed by atoms with Gasteiger partial charge in [-0.15, -0.1) is 0 Å². The predicted molar refractivity (Wildman–Crippen MR) is 73.7 cm³/mol. The lowest BCUT2D eigenvalue weighted by atomic mass is 9.86. The molecule has 0 bridgehead atoms. The SMILES string of the molecule is CCCOC1C(Br)CC1OC1CCCCC1C. The van der Waals surface area contributed by atoms with Gasteiger partial charge in [0.2, 0.25) is 0 Å². The zero-order chi connectivity index (χ0) is 12.3. The third kappa shape index (κ3) is 3.45. The Morgan fingerprint density at radius 1 is 1.18 bits per heavy atom. The summed E-state index contributed by atoms with van der Waals surface area (Å²) in [5.74, 6) is 0.727. The highest BCUT2D eigenvalue weighted by Gasteiger charge is 2.43. The zero-order valence-corrected chi connectivity index (χ0v) is 12.6. The van der Waals surface area contributed by atoms with Crippen LogP contribution in [0, 0.1) is 5.92 Å². The minimum Gasteiger partial charge on any atom is -0.374 e. The standard InChI is InChI=1S/C14H25BrO2/c1-3-8-16-14-11(15)9-13(14)17-12-7-5-4-6-10(12)2/h10-14H,3-9H2,1-2H3. The number of alkyl halides is 1. The van der Waals surface area contributed by atoms with Crippen molar-refractivity contribution in [1.82, 2.24) is 0 Å². The maximum Gasteiger partial charge on any atom is 0.0962 e. The molecule has 0 aromatic heterocycles. The van der Waals surface area contributed by atoms with E-state index in [9.17, 15) is 0 Å². The monoisotopic (exact) mass is 304 g/mol. The van der Waals surface area contributed by atoms with Gasteiger partial charge in [0.1, 0.15) is 0 Å². The molecule has 0 amide bonds. The molecule has 2 aliphatic rings. The highest BCUT2D eigenvalue weighted by Crippen LogP contribution is 2.37. The van der Waals surface area contributed by atoms with Crippen molar-refractivity contribution in [3.8, 4) is 0 Å². The lowest BCUT2D eigenvalue weighted by Crippen LogP contribution is -2.53. The quantitative estimate of drug-likeness (QED) is 0.717. The van der Waals surface area contributed by atoms with Crippen LogP contribution in [0.5, 0.6) is 0 Å². The van der Waals surface area contributed by atoms with Crippen molar-refractivity contribution in [2.24, 2.45) is 5.92 Å². The van der Waals surface area contributed by atoms with Gasteiger partial charge >= 0.3 is 0 Å². The second kappa shape index (κ2) is 6.53. The molecule has 0 radical (unpaired) electrons. The molecule has 2 aliphatic carbocycles. The molecule has 0 N–H and O–H groups in total. The fourth-order valence-electron chi connectivity index (χ4n) is 2.83. The van der Waals surface area contributed by atoms with Crippen LogP contribution in [0.25, 0.3) is 0 Å². The van der Waals surface area contributed by atoms with Gasteiger partial charge in [-0.25, -0.2) is 0 Å². The maximum atomic E-state index is 6.26. The molecule has 2 nitrogen and oxygen atoms in total. The molecule has 2 saturated carbocycles. The Labute approximate surface area is 114 Å². The summed E-state index contributed by atoms with van der Waals surface area (Å²) in [6.45, 7) is 5.34. The van der Waals surface area contributed by atoms with E-state index < -0.39 is 0 Å². The zero-order valence-electron chi connectivity index (χ0n) is 11.0. The van der Waals surface area contributed by atoms with Gasteiger partial charge in [-0.2, -0.15) is 0 Å². The summed E-state index contributed by atoms with van der Waals surface area (Å²) in [6.07, 6.45) is 8.56. The highest BCUT2D eigenvalue weighted by atomic mass is 79.9. The molecule has 0 aromatic rings. The van der Waals surface area contributed by atoms with Crippen molar-refractivity contribution in [2.75, 3.05) is 6.61 Å². The van der Waals surface area contributed by atoms with Gasteiger partial charge in [0, 0.05) is 11.4 Å². The number of ether oxygens (including phenoxy) is 2. The van der Waals surface area contributed by atoms with Gasteiger partial charge in [0.25, 0.3) is 0 Å². The number of rotatable bonds is 5. The van der Waals surface area contributed by atoms with Gasteiger partial charge in [-0.1, -0.05) is 42.6 Å². The molecule has 2 fully saturated rings. The Hall–Kier alpha value is 0.400. The first kappa shape index (κ1) is 13.8. The summed E-state index contributed by atoms with van der Waals surface area (Å²) in [6, 6.07) is 0. The van der Waals surface area contributed by atoms with Crippen LogP contribution in [0.15, 0.2) is 0 Å². The van der Waals surface area contributed by atoms with Crippen molar-refractivity contribution in [1.29, 1.82) is 0 Å². The fraction of sp³-hybridized carbons (Fsp3) is 1.00. The summed E-state index contributed by atoms with van der Waals surface area (Å²) in [5.41, 5.74) is 0. The predicted octanol–water partition coefficient (Wildman–Crippen LogP) is 3.91. The molecule has 0 saturated heterocycles. The first-order valence-corrected chi connectivity index (χ1v) is 8.05. The van der Waals surface area contributed by atoms with Crippen LogP contribution >= 0.6 is 15.9 Å². The Balaban J connectivity index is 1.77. The molecule has 2 rings (SSSR count). The summed E-state index contributed by atoms with van der Waals surface area (Å²) < 4.78 is 12.1. The van der Waals surface area contributed by atoms with Crippen LogP contribution in [0.1, 0.15) is 52.4 Å². The van der Waals surface area contributed by atoms with E-state index in [0.29, 0.717) is 17.0 Å².